The lowest BCUT2D eigenvalue weighted by atomic mass is 10.0. The van der Waals surface area contributed by atoms with E-state index in [-0.39, 0.29) is 31.0 Å². The normalized spacial score (nSPS) is 14.3. The number of carbonyl (C=O) groups excluding carboxylic acids is 2. The number of para-hydroxylation sites is 1. The lowest BCUT2D eigenvalue weighted by Crippen LogP contribution is -2.53. The summed E-state index contributed by atoms with van der Waals surface area (Å²) in [6.07, 6.45) is 4.53. The van der Waals surface area contributed by atoms with E-state index in [0.29, 0.717) is 22.2 Å². The van der Waals surface area contributed by atoms with Crippen molar-refractivity contribution in [2.75, 3.05) is 6.61 Å². The molecule has 1 fully saturated rings. The van der Waals surface area contributed by atoms with Crippen LogP contribution < -0.4 is 10.1 Å². The number of hydrogen-bond acceptors (Lipinski definition) is 3. The number of hydrogen-bond donors (Lipinski definition) is 1. The molecule has 2 amide bonds. The largest absolute Gasteiger partial charge is 0.482 e. The van der Waals surface area contributed by atoms with Gasteiger partial charge in [-0.3, -0.25) is 9.59 Å². The van der Waals surface area contributed by atoms with Crippen LogP contribution in [-0.2, 0) is 22.6 Å². The fourth-order valence-corrected chi connectivity index (χ4v) is 4.81. The van der Waals surface area contributed by atoms with Crippen molar-refractivity contribution in [2.45, 2.75) is 50.7 Å². The van der Waals surface area contributed by atoms with E-state index >= 15 is 0 Å². The molecule has 0 heterocycles. The predicted molar refractivity (Wildman–Crippen MR) is 143 cm³/mol. The van der Waals surface area contributed by atoms with E-state index in [2.05, 4.69) is 5.32 Å². The summed E-state index contributed by atoms with van der Waals surface area (Å²) in [6.45, 7) is 0.0107. The van der Waals surface area contributed by atoms with Crippen LogP contribution in [0.2, 0.25) is 10.0 Å². The molecule has 1 N–H and O–H groups in total. The van der Waals surface area contributed by atoms with Crippen molar-refractivity contribution >= 4 is 35.0 Å². The van der Waals surface area contributed by atoms with Gasteiger partial charge in [-0.1, -0.05) is 90.6 Å². The van der Waals surface area contributed by atoms with Gasteiger partial charge in [0.2, 0.25) is 5.91 Å². The van der Waals surface area contributed by atoms with Crippen LogP contribution in [0.3, 0.4) is 0 Å². The van der Waals surface area contributed by atoms with Gasteiger partial charge in [-0.2, -0.15) is 0 Å². The van der Waals surface area contributed by atoms with Crippen molar-refractivity contribution in [3.63, 3.8) is 0 Å². The number of rotatable bonds is 10. The van der Waals surface area contributed by atoms with Crippen molar-refractivity contribution in [3.05, 3.63) is 100 Å². The molecule has 0 unspecified atom stereocenters. The molecule has 3 aromatic rings. The van der Waals surface area contributed by atoms with Gasteiger partial charge in [-0.05, 0) is 48.2 Å². The van der Waals surface area contributed by atoms with Gasteiger partial charge < -0.3 is 15.0 Å². The first-order chi connectivity index (χ1) is 17.5. The summed E-state index contributed by atoms with van der Waals surface area (Å²) >= 11 is 12.3. The highest BCUT2D eigenvalue weighted by atomic mass is 35.5. The number of benzene rings is 3. The van der Waals surface area contributed by atoms with Crippen molar-refractivity contribution in [2.24, 2.45) is 0 Å². The molecule has 1 atom stereocenters. The molecule has 0 aliphatic heterocycles. The molecule has 4 rings (SSSR count). The summed E-state index contributed by atoms with van der Waals surface area (Å²) in [5.41, 5.74) is 1.85. The predicted octanol–water partition coefficient (Wildman–Crippen LogP) is 6.07. The topological polar surface area (TPSA) is 58.6 Å². The van der Waals surface area contributed by atoms with Crippen molar-refractivity contribution in [1.82, 2.24) is 10.2 Å². The number of amides is 2. The zero-order valence-electron chi connectivity index (χ0n) is 20.0. The second kappa shape index (κ2) is 12.8. The first-order valence-electron chi connectivity index (χ1n) is 12.2. The Balaban J connectivity index is 1.61. The molecule has 7 heteroatoms. The smallest absolute Gasteiger partial charge is 0.261 e. The van der Waals surface area contributed by atoms with Crippen molar-refractivity contribution in [1.29, 1.82) is 0 Å². The maximum Gasteiger partial charge on any atom is 0.261 e. The van der Waals surface area contributed by atoms with Crippen LogP contribution in [0.15, 0.2) is 78.9 Å². The average molecular weight is 525 g/mol. The third-order valence-corrected chi connectivity index (χ3v) is 6.99. The van der Waals surface area contributed by atoms with E-state index in [1.165, 1.54) is 0 Å². The minimum absolute atomic E-state index is 0.141. The third kappa shape index (κ3) is 7.25. The second-order valence-corrected chi connectivity index (χ2v) is 9.91. The van der Waals surface area contributed by atoms with Crippen molar-refractivity contribution < 1.29 is 14.3 Å². The first kappa shape index (κ1) is 26.1. The van der Waals surface area contributed by atoms with E-state index in [4.69, 9.17) is 27.9 Å². The number of carbonyl (C=O) groups is 2. The Bertz CT molecular complexity index is 1150. The van der Waals surface area contributed by atoms with Gasteiger partial charge in [-0.15, -0.1) is 0 Å². The van der Waals surface area contributed by atoms with Crippen LogP contribution in [-0.4, -0.2) is 35.4 Å². The Morgan fingerprint density at radius 2 is 1.56 bits per heavy atom. The maximum atomic E-state index is 13.6. The number of nitrogens with zero attached hydrogens (tertiary/aromatic N) is 1. The summed E-state index contributed by atoms with van der Waals surface area (Å²) in [5, 5.41) is 4.23. The standard InChI is InChI=1S/C29H30Cl2N2O3/c30-23-16-14-22(15-17-23)19-33(28(34)20-36-27-13-7-6-12-25(27)31)26(18-21-8-2-1-3-9-21)29(35)32-24-10-4-5-11-24/h1-3,6-9,12-17,24,26H,4-5,10-11,18-20H2,(H,32,35)/t26-/m1/s1. The molecule has 0 saturated heterocycles. The van der Waals surface area contributed by atoms with E-state index in [0.717, 1.165) is 36.8 Å². The van der Waals surface area contributed by atoms with Gasteiger partial charge >= 0.3 is 0 Å². The zero-order valence-corrected chi connectivity index (χ0v) is 21.5. The minimum Gasteiger partial charge on any atom is -0.482 e. The number of halogens is 2. The molecule has 1 aliphatic carbocycles. The summed E-state index contributed by atoms with van der Waals surface area (Å²) in [6, 6.07) is 23.5. The Morgan fingerprint density at radius 3 is 2.25 bits per heavy atom. The molecule has 0 aromatic heterocycles. The van der Waals surface area contributed by atoms with Gasteiger partial charge in [-0.25, -0.2) is 0 Å². The van der Waals surface area contributed by atoms with Gasteiger partial charge in [0.05, 0.1) is 5.02 Å². The van der Waals surface area contributed by atoms with E-state index in [9.17, 15) is 9.59 Å². The second-order valence-electron chi connectivity index (χ2n) is 9.06. The lowest BCUT2D eigenvalue weighted by Gasteiger charge is -2.32. The SMILES string of the molecule is O=C(NC1CCCC1)[C@@H](Cc1ccccc1)N(Cc1ccc(Cl)cc1)C(=O)COc1ccccc1Cl. The Morgan fingerprint density at radius 1 is 0.889 bits per heavy atom. The fourth-order valence-electron chi connectivity index (χ4n) is 4.49. The lowest BCUT2D eigenvalue weighted by molar-refractivity contribution is -0.143. The van der Waals surface area contributed by atoms with Gasteiger partial charge in [0, 0.05) is 24.0 Å². The fraction of sp³-hybridized carbons (Fsp3) is 0.310. The van der Waals surface area contributed by atoms with Crippen LogP contribution in [0.1, 0.15) is 36.8 Å². The molecule has 3 aromatic carbocycles. The first-order valence-corrected chi connectivity index (χ1v) is 13.0. The van der Waals surface area contributed by atoms with Crippen LogP contribution in [0.25, 0.3) is 0 Å². The molecule has 5 nitrogen and oxygen atoms in total. The number of ether oxygens (including phenoxy) is 1. The number of nitrogens with one attached hydrogen (secondary N) is 1. The minimum atomic E-state index is -0.703. The quantitative estimate of drug-likeness (QED) is 0.350. The summed E-state index contributed by atoms with van der Waals surface area (Å²) < 4.78 is 5.77. The van der Waals surface area contributed by atoms with Crippen LogP contribution >= 0.6 is 23.2 Å². The highest BCUT2D eigenvalue weighted by molar-refractivity contribution is 6.32. The molecular formula is C29H30Cl2N2O3. The molecular weight excluding hydrogens is 495 g/mol. The van der Waals surface area contributed by atoms with Gasteiger partial charge in [0.15, 0.2) is 6.61 Å². The monoisotopic (exact) mass is 524 g/mol. The molecule has 188 valence electrons. The van der Waals surface area contributed by atoms with Crippen LogP contribution in [0.5, 0.6) is 5.75 Å². The summed E-state index contributed by atoms with van der Waals surface area (Å²) in [4.78, 5) is 28.9. The summed E-state index contributed by atoms with van der Waals surface area (Å²) in [5.74, 6) is -0.0211. The molecule has 1 aliphatic rings. The highest BCUT2D eigenvalue weighted by Gasteiger charge is 2.32. The average Bonchev–Trinajstić information content (AvgIpc) is 3.40. The summed E-state index contributed by atoms with van der Waals surface area (Å²) in [7, 11) is 0. The van der Waals surface area contributed by atoms with Gasteiger partial charge in [0.1, 0.15) is 11.8 Å². The molecule has 36 heavy (non-hydrogen) atoms. The molecule has 0 bridgehead atoms. The molecule has 0 radical (unpaired) electrons. The molecule has 0 spiro atoms. The Labute approximate surface area is 222 Å². The van der Waals surface area contributed by atoms with E-state index < -0.39 is 6.04 Å². The highest BCUT2D eigenvalue weighted by Crippen LogP contribution is 2.24. The zero-order chi connectivity index (χ0) is 25.3. The van der Waals surface area contributed by atoms with Crippen LogP contribution in [0, 0.1) is 0 Å². The molecule has 1 saturated carbocycles. The van der Waals surface area contributed by atoms with Crippen LogP contribution in [0.4, 0.5) is 0 Å². The third-order valence-electron chi connectivity index (χ3n) is 6.43. The Kier molecular flexibility index (Phi) is 9.26. The van der Waals surface area contributed by atoms with Crippen molar-refractivity contribution in [3.8, 4) is 5.75 Å². The Hall–Kier alpha value is -3.02. The maximum absolute atomic E-state index is 13.6. The van der Waals surface area contributed by atoms with E-state index in [1.54, 1.807) is 41.3 Å². The van der Waals surface area contributed by atoms with Gasteiger partial charge in [0.25, 0.3) is 5.91 Å². The van der Waals surface area contributed by atoms with E-state index in [1.807, 2.05) is 42.5 Å².